The fraction of sp³-hybridized carbons (Fsp3) is 0.211. The van der Waals surface area contributed by atoms with Gasteiger partial charge in [0.15, 0.2) is 0 Å². The van der Waals surface area contributed by atoms with Crippen LogP contribution in [0.2, 0.25) is 0 Å². The fourth-order valence-electron chi connectivity index (χ4n) is 1.63. The van der Waals surface area contributed by atoms with Crippen molar-refractivity contribution in [1.82, 2.24) is 0 Å². The van der Waals surface area contributed by atoms with Crippen molar-refractivity contribution in [2.45, 2.75) is 27.7 Å². The van der Waals surface area contributed by atoms with Gasteiger partial charge in [-0.3, -0.25) is 0 Å². The lowest BCUT2D eigenvalue weighted by atomic mass is 9.97. The lowest BCUT2D eigenvalue weighted by Gasteiger charge is -2.08. The number of benzene rings is 1. The van der Waals surface area contributed by atoms with Crippen LogP contribution in [0.5, 0.6) is 0 Å². The Hall–Kier alpha value is -2.00. The minimum Gasteiger partial charge on any atom is -0.115 e. The van der Waals surface area contributed by atoms with Crippen LogP contribution < -0.4 is 0 Å². The molecular weight excluding hydrogens is 228 g/mol. The summed E-state index contributed by atoms with van der Waals surface area (Å²) in [6, 6.07) is 6.03. The van der Waals surface area contributed by atoms with Crippen molar-refractivity contribution in [1.29, 1.82) is 0 Å². The molecule has 97 valence electrons. The minimum absolute atomic E-state index is 0.961. The first kappa shape index (κ1) is 15.1. The molecule has 0 bridgehead atoms. The van der Waals surface area contributed by atoms with Gasteiger partial charge in [-0.2, -0.15) is 0 Å². The highest BCUT2D eigenvalue weighted by atomic mass is 14.1. The minimum atomic E-state index is 0.961. The van der Waals surface area contributed by atoms with Crippen molar-refractivity contribution in [2.24, 2.45) is 0 Å². The van der Waals surface area contributed by atoms with Gasteiger partial charge in [0, 0.05) is 12.0 Å². The number of hydrogen-bond acceptors (Lipinski definition) is 0. The summed E-state index contributed by atoms with van der Waals surface area (Å²) < 4.78 is 0. The van der Waals surface area contributed by atoms with Gasteiger partial charge in [-0.25, -0.2) is 0 Å². The molecule has 0 N–H and O–H groups in total. The maximum Gasteiger partial charge on any atom is 0.0245 e. The Bertz CT molecular complexity index is 575. The van der Waals surface area contributed by atoms with Crippen molar-refractivity contribution in [3.63, 3.8) is 0 Å². The zero-order valence-electron chi connectivity index (χ0n) is 12.2. The van der Waals surface area contributed by atoms with E-state index in [2.05, 4.69) is 52.7 Å². The van der Waals surface area contributed by atoms with Crippen molar-refractivity contribution < 1.29 is 0 Å². The van der Waals surface area contributed by atoms with Crippen LogP contribution in [0, 0.1) is 32.6 Å². The molecule has 0 amide bonds. The quantitative estimate of drug-likeness (QED) is 0.571. The third kappa shape index (κ3) is 4.64. The van der Waals surface area contributed by atoms with E-state index in [0.717, 1.165) is 11.1 Å². The molecule has 0 spiro atoms. The summed E-state index contributed by atoms with van der Waals surface area (Å²) in [5, 5.41) is 0. The third-order valence-corrected chi connectivity index (χ3v) is 3.24. The molecule has 2 rings (SSSR count). The average Bonchev–Trinajstić information content (AvgIpc) is 2.38. The molecule has 0 aliphatic heterocycles. The van der Waals surface area contributed by atoms with Gasteiger partial charge in [0.1, 0.15) is 0 Å². The van der Waals surface area contributed by atoms with Gasteiger partial charge in [0.25, 0.3) is 0 Å². The molecule has 0 nitrogen and oxygen atoms in total. The molecule has 1 aromatic carbocycles. The highest BCUT2D eigenvalue weighted by Gasteiger charge is 2.00. The normalized spacial score (nSPS) is 13.7. The fourth-order valence-corrected chi connectivity index (χ4v) is 1.63. The highest BCUT2D eigenvalue weighted by Crippen LogP contribution is 2.19. The van der Waals surface area contributed by atoms with Crippen LogP contribution in [0.25, 0.3) is 0 Å². The molecule has 0 heteroatoms. The van der Waals surface area contributed by atoms with E-state index in [4.69, 9.17) is 6.42 Å². The number of aryl methyl sites for hydroxylation is 2. The van der Waals surface area contributed by atoms with Crippen LogP contribution in [0.15, 0.2) is 53.6 Å². The summed E-state index contributed by atoms with van der Waals surface area (Å²) in [4.78, 5) is 0. The molecule has 0 saturated carbocycles. The molecule has 0 heterocycles. The second-order valence-electron chi connectivity index (χ2n) is 4.86. The summed E-state index contributed by atoms with van der Waals surface area (Å²) in [5.41, 5.74) is 7.26. The van der Waals surface area contributed by atoms with Crippen LogP contribution in [0.4, 0.5) is 0 Å². The number of terminal acetylenes is 1. The van der Waals surface area contributed by atoms with Crippen molar-refractivity contribution >= 4 is 0 Å². The Morgan fingerprint density at radius 3 is 2.11 bits per heavy atom. The van der Waals surface area contributed by atoms with E-state index in [0.29, 0.717) is 0 Å². The zero-order chi connectivity index (χ0) is 14.4. The molecule has 19 heavy (non-hydrogen) atoms. The maximum atomic E-state index is 5.22. The van der Waals surface area contributed by atoms with Crippen LogP contribution in [0.1, 0.15) is 30.5 Å². The Labute approximate surface area is 117 Å². The largest absolute Gasteiger partial charge is 0.115 e. The van der Waals surface area contributed by atoms with Crippen LogP contribution in [0.3, 0.4) is 0 Å². The van der Waals surface area contributed by atoms with E-state index in [9.17, 15) is 0 Å². The van der Waals surface area contributed by atoms with E-state index < -0.39 is 0 Å². The monoisotopic (exact) mass is 249 g/mol. The van der Waals surface area contributed by atoms with E-state index >= 15 is 0 Å². The van der Waals surface area contributed by atoms with E-state index in [1.54, 1.807) is 0 Å². The molecule has 1 radical (unpaired) electrons. The van der Waals surface area contributed by atoms with E-state index in [1.807, 2.05) is 24.3 Å². The predicted molar refractivity (Wildman–Crippen MR) is 84.8 cm³/mol. The standard InChI is InChI=1S/C10H10.C9H11/c1-4-10-6-5-8(2)9(3)7-10;1-7-4-5-8(2)9(3)6-7/h1,5-7H,2-3H3;4-6H,1H2,2-3H3. The molecule has 0 atom stereocenters. The molecule has 1 aliphatic rings. The average molecular weight is 249 g/mol. The first-order chi connectivity index (χ1) is 8.93. The second-order valence-corrected chi connectivity index (χ2v) is 4.86. The number of allylic oxidation sites excluding steroid dienone is 5. The number of hydrogen-bond donors (Lipinski definition) is 0. The SMILES string of the molecule is C#Cc1ccc(C)c(C)c1.C=C1[CH]C(C)=C(C)C=C1. The Morgan fingerprint density at radius 1 is 0.947 bits per heavy atom. The summed E-state index contributed by atoms with van der Waals surface area (Å²) in [7, 11) is 0. The second kappa shape index (κ2) is 6.81. The molecule has 0 fully saturated rings. The third-order valence-electron chi connectivity index (χ3n) is 3.24. The topological polar surface area (TPSA) is 0 Å². The first-order valence-electron chi connectivity index (χ1n) is 6.37. The van der Waals surface area contributed by atoms with Crippen LogP contribution >= 0.6 is 0 Å². The van der Waals surface area contributed by atoms with Gasteiger partial charge < -0.3 is 0 Å². The van der Waals surface area contributed by atoms with Crippen molar-refractivity contribution in [2.75, 3.05) is 0 Å². The van der Waals surface area contributed by atoms with Crippen molar-refractivity contribution in [3.8, 4) is 12.3 Å². The van der Waals surface area contributed by atoms with Gasteiger partial charge in [0.05, 0.1) is 0 Å². The summed E-state index contributed by atoms with van der Waals surface area (Å²) in [6.07, 6.45) is 11.4. The molecule has 0 saturated heterocycles. The lowest BCUT2D eigenvalue weighted by Crippen LogP contribution is -1.90. The zero-order valence-corrected chi connectivity index (χ0v) is 12.2. The first-order valence-corrected chi connectivity index (χ1v) is 6.37. The Kier molecular flexibility index (Phi) is 5.39. The van der Waals surface area contributed by atoms with Gasteiger partial charge in [0.2, 0.25) is 0 Å². The number of rotatable bonds is 0. The van der Waals surface area contributed by atoms with Crippen LogP contribution in [-0.4, -0.2) is 0 Å². The predicted octanol–water partition coefficient (Wildman–Crippen LogP) is 4.94. The van der Waals surface area contributed by atoms with Crippen molar-refractivity contribution in [3.05, 3.63) is 76.8 Å². The molecular formula is C19H21. The summed E-state index contributed by atoms with van der Waals surface area (Å²) >= 11 is 0. The van der Waals surface area contributed by atoms with Gasteiger partial charge in [-0.15, -0.1) is 6.42 Å². The molecule has 0 unspecified atom stereocenters. The van der Waals surface area contributed by atoms with Crippen LogP contribution in [-0.2, 0) is 0 Å². The maximum absolute atomic E-state index is 5.22. The molecule has 1 aromatic rings. The molecule has 1 aliphatic carbocycles. The van der Waals surface area contributed by atoms with Gasteiger partial charge in [-0.05, 0) is 56.5 Å². The van der Waals surface area contributed by atoms with Gasteiger partial charge in [-0.1, -0.05) is 41.9 Å². The van der Waals surface area contributed by atoms with E-state index in [1.165, 1.54) is 22.3 Å². The van der Waals surface area contributed by atoms with E-state index in [-0.39, 0.29) is 0 Å². The summed E-state index contributed by atoms with van der Waals surface area (Å²) in [5.74, 6) is 2.60. The Morgan fingerprint density at radius 2 is 1.63 bits per heavy atom. The van der Waals surface area contributed by atoms with Gasteiger partial charge >= 0.3 is 0 Å². The molecule has 0 aromatic heterocycles. The summed E-state index contributed by atoms with van der Waals surface area (Å²) in [6.45, 7) is 12.2. The smallest absolute Gasteiger partial charge is 0.0245 e. The lowest BCUT2D eigenvalue weighted by molar-refractivity contribution is 1.27. The Balaban J connectivity index is 0.000000191. The highest BCUT2D eigenvalue weighted by molar-refractivity contribution is 5.45.